The van der Waals surface area contributed by atoms with E-state index in [1.54, 1.807) is 29.2 Å². The maximum atomic E-state index is 14.3. The third-order valence-corrected chi connectivity index (χ3v) is 5.07. The summed E-state index contributed by atoms with van der Waals surface area (Å²) in [6, 6.07) is 11.8. The number of hydrogen-bond acceptors (Lipinski definition) is 4. The zero-order chi connectivity index (χ0) is 20.4. The molecule has 3 aromatic rings. The van der Waals surface area contributed by atoms with Gasteiger partial charge in [0.05, 0.1) is 23.2 Å². The van der Waals surface area contributed by atoms with Crippen molar-refractivity contribution < 1.29 is 9.18 Å². The number of hydrogen-bond donors (Lipinski definition) is 2. The quantitative estimate of drug-likeness (QED) is 0.650. The smallest absolute Gasteiger partial charge is 0.272 e. The van der Waals surface area contributed by atoms with E-state index in [1.165, 1.54) is 6.07 Å². The highest BCUT2D eigenvalue weighted by atomic mass is 19.1. The molecule has 4 rings (SSSR count). The van der Waals surface area contributed by atoms with Crippen molar-refractivity contribution in [3.8, 4) is 12.3 Å². The van der Waals surface area contributed by atoms with Crippen LogP contribution in [-0.4, -0.2) is 46.7 Å². The predicted molar refractivity (Wildman–Crippen MR) is 108 cm³/mol. The summed E-state index contributed by atoms with van der Waals surface area (Å²) in [4.78, 5) is 26.2. The standard InChI is InChI=1S/C22H19FN4O2/c1-2-9-24-15-12-27(13-15)22(29)18-10-14(7-8-19(18)23)11-20-16-5-3-4-6-17(16)21(28)26-25-20/h1,3-8,10,15,24H,9,11-13H2,(H,26,28). The van der Waals surface area contributed by atoms with Gasteiger partial charge in [0.2, 0.25) is 0 Å². The summed E-state index contributed by atoms with van der Waals surface area (Å²) >= 11 is 0. The average Bonchev–Trinajstić information content (AvgIpc) is 2.70. The molecule has 2 N–H and O–H groups in total. The van der Waals surface area contributed by atoms with Gasteiger partial charge in [0.25, 0.3) is 11.5 Å². The summed E-state index contributed by atoms with van der Waals surface area (Å²) in [6.07, 6.45) is 5.58. The first-order valence-corrected chi connectivity index (χ1v) is 9.27. The molecule has 2 heterocycles. The van der Waals surface area contributed by atoms with Crippen LogP contribution in [0.5, 0.6) is 0 Å². The van der Waals surface area contributed by atoms with Crippen molar-refractivity contribution in [2.24, 2.45) is 0 Å². The Morgan fingerprint density at radius 3 is 2.79 bits per heavy atom. The second kappa shape index (κ2) is 7.86. The van der Waals surface area contributed by atoms with Crippen molar-refractivity contribution in [2.45, 2.75) is 12.5 Å². The van der Waals surface area contributed by atoms with Crippen molar-refractivity contribution >= 4 is 16.7 Å². The minimum absolute atomic E-state index is 0.0339. The van der Waals surface area contributed by atoms with Gasteiger partial charge in [-0.15, -0.1) is 6.42 Å². The molecule has 7 heteroatoms. The van der Waals surface area contributed by atoms with Crippen LogP contribution in [0.15, 0.2) is 47.3 Å². The monoisotopic (exact) mass is 390 g/mol. The third kappa shape index (κ3) is 3.75. The van der Waals surface area contributed by atoms with Gasteiger partial charge in [-0.05, 0) is 23.8 Å². The van der Waals surface area contributed by atoms with E-state index in [2.05, 4.69) is 21.4 Å². The summed E-state index contributed by atoms with van der Waals surface area (Å²) in [5.41, 5.74) is 1.17. The van der Waals surface area contributed by atoms with E-state index in [0.717, 1.165) is 10.9 Å². The van der Waals surface area contributed by atoms with E-state index in [1.807, 2.05) is 12.1 Å². The fourth-order valence-corrected chi connectivity index (χ4v) is 3.49. The molecular formula is C22H19FN4O2. The lowest BCUT2D eigenvalue weighted by Crippen LogP contribution is -2.59. The van der Waals surface area contributed by atoms with Crippen LogP contribution in [0.3, 0.4) is 0 Å². The highest BCUT2D eigenvalue weighted by Crippen LogP contribution is 2.21. The minimum Gasteiger partial charge on any atom is -0.335 e. The molecule has 1 aliphatic heterocycles. The number of carbonyl (C=O) groups excluding carboxylic acids is 1. The summed E-state index contributed by atoms with van der Waals surface area (Å²) in [5.74, 6) is 1.59. The Kier molecular flexibility index (Phi) is 5.10. The predicted octanol–water partition coefficient (Wildman–Crippen LogP) is 1.70. The number of carbonyl (C=O) groups is 1. The van der Waals surface area contributed by atoms with E-state index in [-0.39, 0.29) is 23.1 Å². The molecule has 0 unspecified atom stereocenters. The van der Waals surface area contributed by atoms with Gasteiger partial charge in [0, 0.05) is 30.9 Å². The number of halogens is 1. The third-order valence-electron chi connectivity index (χ3n) is 5.07. The normalized spacial score (nSPS) is 13.9. The van der Waals surface area contributed by atoms with Gasteiger partial charge >= 0.3 is 0 Å². The summed E-state index contributed by atoms with van der Waals surface area (Å²) < 4.78 is 14.3. The van der Waals surface area contributed by atoms with E-state index >= 15 is 0 Å². The van der Waals surface area contributed by atoms with Crippen molar-refractivity contribution in [3.63, 3.8) is 0 Å². The maximum Gasteiger partial charge on any atom is 0.272 e. The minimum atomic E-state index is -0.557. The highest BCUT2D eigenvalue weighted by Gasteiger charge is 2.31. The largest absolute Gasteiger partial charge is 0.335 e. The fourth-order valence-electron chi connectivity index (χ4n) is 3.49. The lowest BCUT2D eigenvalue weighted by atomic mass is 10.0. The molecule has 0 aliphatic carbocycles. The number of rotatable bonds is 5. The van der Waals surface area contributed by atoms with Gasteiger partial charge in [-0.25, -0.2) is 9.49 Å². The first-order chi connectivity index (χ1) is 14.1. The van der Waals surface area contributed by atoms with Gasteiger partial charge in [-0.3, -0.25) is 14.9 Å². The zero-order valence-electron chi connectivity index (χ0n) is 15.6. The van der Waals surface area contributed by atoms with Crippen LogP contribution < -0.4 is 10.9 Å². The molecule has 6 nitrogen and oxygen atoms in total. The van der Waals surface area contributed by atoms with E-state index < -0.39 is 5.82 Å². The Balaban J connectivity index is 1.56. The molecule has 0 radical (unpaired) electrons. The van der Waals surface area contributed by atoms with Crippen LogP contribution in [0, 0.1) is 18.2 Å². The molecule has 1 saturated heterocycles. The number of aromatic amines is 1. The molecule has 0 atom stereocenters. The summed E-state index contributed by atoms with van der Waals surface area (Å²) in [7, 11) is 0. The van der Waals surface area contributed by atoms with E-state index in [0.29, 0.717) is 37.1 Å². The first kappa shape index (κ1) is 18.8. The molecule has 1 fully saturated rings. The number of nitrogens with zero attached hydrogens (tertiary/aromatic N) is 2. The molecule has 2 aromatic carbocycles. The molecule has 1 aliphatic rings. The Morgan fingerprint density at radius 1 is 1.28 bits per heavy atom. The number of nitrogens with one attached hydrogen (secondary N) is 2. The zero-order valence-corrected chi connectivity index (χ0v) is 15.6. The van der Waals surface area contributed by atoms with E-state index in [4.69, 9.17) is 6.42 Å². The Labute approximate surface area is 166 Å². The van der Waals surface area contributed by atoms with Gasteiger partial charge in [0.1, 0.15) is 5.82 Å². The fraction of sp³-hybridized carbons (Fsp3) is 0.227. The number of amides is 1. The molecule has 0 bridgehead atoms. The number of likely N-dealkylation sites (tertiary alicyclic amines) is 1. The van der Waals surface area contributed by atoms with Crippen LogP contribution >= 0.6 is 0 Å². The lowest BCUT2D eigenvalue weighted by molar-refractivity contribution is 0.0568. The number of aromatic nitrogens is 2. The highest BCUT2D eigenvalue weighted by molar-refractivity contribution is 5.95. The molecule has 1 amide bonds. The molecular weight excluding hydrogens is 371 g/mol. The molecule has 0 spiro atoms. The van der Waals surface area contributed by atoms with Crippen molar-refractivity contribution in [3.05, 3.63) is 75.5 Å². The van der Waals surface area contributed by atoms with Gasteiger partial charge in [-0.1, -0.05) is 30.2 Å². The van der Waals surface area contributed by atoms with Gasteiger partial charge in [0.15, 0.2) is 0 Å². The molecule has 146 valence electrons. The average molecular weight is 390 g/mol. The Bertz CT molecular complexity index is 1180. The maximum absolute atomic E-state index is 14.3. The number of fused-ring (bicyclic) bond motifs is 1. The Morgan fingerprint density at radius 2 is 2.03 bits per heavy atom. The van der Waals surface area contributed by atoms with Crippen LogP contribution in [0.4, 0.5) is 4.39 Å². The Hall–Kier alpha value is -3.50. The van der Waals surface area contributed by atoms with Crippen LogP contribution in [0.1, 0.15) is 21.6 Å². The summed E-state index contributed by atoms with van der Waals surface area (Å²) in [5, 5.41) is 11.0. The number of benzene rings is 2. The second-order valence-electron chi connectivity index (χ2n) is 7.03. The molecule has 0 saturated carbocycles. The number of H-pyrrole nitrogens is 1. The van der Waals surface area contributed by atoms with Gasteiger partial charge in [-0.2, -0.15) is 5.10 Å². The van der Waals surface area contributed by atoms with Crippen LogP contribution in [0.2, 0.25) is 0 Å². The lowest BCUT2D eigenvalue weighted by Gasteiger charge is -2.39. The van der Waals surface area contributed by atoms with Crippen molar-refractivity contribution in [2.75, 3.05) is 19.6 Å². The van der Waals surface area contributed by atoms with Crippen LogP contribution in [-0.2, 0) is 6.42 Å². The molecule has 1 aromatic heterocycles. The SMILES string of the molecule is C#CCNC1CN(C(=O)c2cc(Cc3n[nH]c(=O)c4ccccc34)ccc2F)C1. The molecule has 29 heavy (non-hydrogen) atoms. The number of terminal acetylenes is 1. The van der Waals surface area contributed by atoms with Crippen molar-refractivity contribution in [1.82, 2.24) is 20.4 Å². The first-order valence-electron chi connectivity index (χ1n) is 9.27. The van der Waals surface area contributed by atoms with E-state index in [9.17, 15) is 14.0 Å². The topological polar surface area (TPSA) is 78.1 Å². The van der Waals surface area contributed by atoms with Gasteiger partial charge < -0.3 is 4.90 Å². The summed E-state index contributed by atoms with van der Waals surface area (Å²) in [6.45, 7) is 1.43. The van der Waals surface area contributed by atoms with Crippen LogP contribution in [0.25, 0.3) is 10.8 Å². The van der Waals surface area contributed by atoms with Crippen molar-refractivity contribution in [1.29, 1.82) is 0 Å². The second-order valence-corrected chi connectivity index (χ2v) is 7.03.